The van der Waals surface area contributed by atoms with Crippen molar-refractivity contribution in [1.82, 2.24) is 14.3 Å². The molecule has 0 radical (unpaired) electrons. The predicted molar refractivity (Wildman–Crippen MR) is 76.9 cm³/mol. The number of hydrogen-bond donors (Lipinski definition) is 1. The van der Waals surface area contributed by atoms with Gasteiger partial charge in [-0.3, -0.25) is 4.68 Å². The zero-order valence-electron chi connectivity index (χ0n) is 11.3. The average Bonchev–Trinajstić information content (AvgIpc) is 2.94. The second-order valence-electron chi connectivity index (χ2n) is 4.90. The number of hydrogen-bond acceptors (Lipinski definition) is 2. The van der Waals surface area contributed by atoms with Crippen molar-refractivity contribution in [2.24, 2.45) is 12.8 Å². The van der Waals surface area contributed by atoms with Crippen LogP contribution in [0.2, 0.25) is 0 Å². The van der Waals surface area contributed by atoms with Crippen molar-refractivity contribution < 1.29 is 0 Å². The monoisotopic (exact) mass is 254 g/mol. The van der Waals surface area contributed by atoms with Gasteiger partial charge in [-0.05, 0) is 30.7 Å². The van der Waals surface area contributed by atoms with Crippen molar-refractivity contribution in [3.63, 3.8) is 0 Å². The molecule has 0 unspecified atom stereocenters. The molecule has 98 valence electrons. The minimum atomic E-state index is 0.576. The Kier molecular flexibility index (Phi) is 2.87. The second-order valence-corrected chi connectivity index (χ2v) is 4.90. The van der Waals surface area contributed by atoms with E-state index in [1.54, 1.807) is 0 Å². The number of benzene rings is 1. The lowest BCUT2D eigenvalue weighted by molar-refractivity contribution is 0.673. The molecule has 0 aliphatic rings. The Hall–Kier alpha value is -2.07. The number of aromatic nitrogens is 3. The first-order valence-corrected chi connectivity index (χ1v) is 6.45. The second kappa shape index (κ2) is 4.55. The third-order valence-electron chi connectivity index (χ3n) is 3.56. The largest absolute Gasteiger partial charge is 0.341 e. The number of rotatable bonds is 3. The summed E-state index contributed by atoms with van der Waals surface area (Å²) in [5.74, 6) is 0. The number of nitrogens with zero attached hydrogens (tertiary/aromatic N) is 3. The lowest BCUT2D eigenvalue weighted by Gasteiger charge is -2.07. The molecule has 0 fully saturated rings. The van der Waals surface area contributed by atoms with E-state index in [1.807, 2.05) is 18.7 Å². The van der Waals surface area contributed by atoms with E-state index < -0.39 is 0 Å². The molecular weight excluding hydrogens is 236 g/mol. The molecule has 3 rings (SSSR count). The molecule has 1 aromatic carbocycles. The molecule has 0 saturated heterocycles. The highest BCUT2D eigenvalue weighted by Gasteiger charge is 2.07. The van der Waals surface area contributed by atoms with E-state index in [1.165, 1.54) is 22.2 Å². The van der Waals surface area contributed by atoms with E-state index in [4.69, 9.17) is 5.73 Å². The molecule has 2 aromatic heterocycles. The van der Waals surface area contributed by atoms with Gasteiger partial charge in [0.2, 0.25) is 0 Å². The fraction of sp³-hybridized carbons (Fsp3) is 0.267. The van der Waals surface area contributed by atoms with Crippen molar-refractivity contribution in [1.29, 1.82) is 0 Å². The van der Waals surface area contributed by atoms with Crippen LogP contribution in [-0.4, -0.2) is 14.3 Å². The van der Waals surface area contributed by atoms with E-state index in [9.17, 15) is 0 Å². The third-order valence-corrected chi connectivity index (χ3v) is 3.56. The maximum Gasteiger partial charge on any atom is 0.0645 e. The fourth-order valence-electron chi connectivity index (χ4n) is 2.59. The van der Waals surface area contributed by atoms with Crippen molar-refractivity contribution in [2.75, 3.05) is 0 Å². The molecule has 0 bridgehead atoms. The SMILES string of the molecule is Cc1cc(Cn2ccc3c(CN)cccc32)n(C)n1. The number of fused-ring (bicyclic) bond motifs is 1. The smallest absolute Gasteiger partial charge is 0.0645 e. The fourth-order valence-corrected chi connectivity index (χ4v) is 2.59. The minimum Gasteiger partial charge on any atom is -0.341 e. The summed E-state index contributed by atoms with van der Waals surface area (Å²) in [5, 5.41) is 5.63. The van der Waals surface area contributed by atoms with E-state index in [2.05, 4.69) is 46.2 Å². The highest BCUT2D eigenvalue weighted by atomic mass is 15.3. The van der Waals surface area contributed by atoms with Gasteiger partial charge in [0.15, 0.2) is 0 Å². The molecule has 4 heteroatoms. The van der Waals surface area contributed by atoms with Gasteiger partial charge >= 0.3 is 0 Å². The van der Waals surface area contributed by atoms with Crippen molar-refractivity contribution >= 4 is 10.9 Å². The van der Waals surface area contributed by atoms with Crippen molar-refractivity contribution in [2.45, 2.75) is 20.0 Å². The molecule has 0 aliphatic carbocycles. The Morgan fingerprint density at radius 1 is 1.26 bits per heavy atom. The Bertz CT molecular complexity index is 721. The molecule has 0 spiro atoms. The summed E-state index contributed by atoms with van der Waals surface area (Å²) in [4.78, 5) is 0. The van der Waals surface area contributed by atoms with Crippen LogP contribution in [0.1, 0.15) is 17.0 Å². The normalized spacial score (nSPS) is 11.3. The zero-order valence-corrected chi connectivity index (χ0v) is 11.3. The molecule has 2 N–H and O–H groups in total. The molecule has 3 aromatic rings. The molecule has 4 nitrogen and oxygen atoms in total. The predicted octanol–water partition coefficient (Wildman–Crippen LogP) is 2.19. The summed E-state index contributed by atoms with van der Waals surface area (Å²) >= 11 is 0. The summed E-state index contributed by atoms with van der Waals surface area (Å²) in [6.45, 7) is 3.42. The summed E-state index contributed by atoms with van der Waals surface area (Å²) in [7, 11) is 1.99. The van der Waals surface area contributed by atoms with Crippen LogP contribution in [0.25, 0.3) is 10.9 Å². The van der Waals surface area contributed by atoms with Crippen molar-refractivity contribution in [3.8, 4) is 0 Å². The highest BCUT2D eigenvalue weighted by Crippen LogP contribution is 2.21. The van der Waals surface area contributed by atoms with E-state index in [-0.39, 0.29) is 0 Å². The van der Waals surface area contributed by atoms with Crippen LogP contribution in [0, 0.1) is 6.92 Å². The first-order valence-electron chi connectivity index (χ1n) is 6.45. The topological polar surface area (TPSA) is 48.8 Å². The Balaban J connectivity index is 2.04. The van der Waals surface area contributed by atoms with Gasteiger partial charge in [-0.2, -0.15) is 5.10 Å². The quantitative estimate of drug-likeness (QED) is 0.779. The highest BCUT2D eigenvalue weighted by molar-refractivity contribution is 5.83. The average molecular weight is 254 g/mol. The molecule has 2 heterocycles. The van der Waals surface area contributed by atoms with E-state index in [0.29, 0.717) is 6.54 Å². The number of nitrogens with two attached hydrogens (primary N) is 1. The van der Waals surface area contributed by atoms with Crippen LogP contribution in [0.5, 0.6) is 0 Å². The van der Waals surface area contributed by atoms with Crippen LogP contribution in [0.15, 0.2) is 36.5 Å². The van der Waals surface area contributed by atoms with Crippen LogP contribution in [-0.2, 0) is 20.1 Å². The van der Waals surface area contributed by atoms with Crippen LogP contribution < -0.4 is 5.73 Å². The summed E-state index contributed by atoms with van der Waals surface area (Å²) in [6, 6.07) is 10.5. The lowest BCUT2D eigenvalue weighted by Crippen LogP contribution is -2.04. The molecule has 19 heavy (non-hydrogen) atoms. The molecule has 0 atom stereocenters. The van der Waals surface area contributed by atoms with Crippen LogP contribution >= 0.6 is 0 Å². The van der Waals surface area contributed by atoms with Gasteiger partial charge in [0.25, 0.3) is 0 Å². The van der Waals surface area contributed by atoms with E-state index >= 15 is 0 Å². The minimum absolute atomic E-state index is 0.576. The summed E-state index contributed by atoms with van der Waals surface area (Å²) < 4.78 is 4.18. The Labute approximate surface area is 112 Å². The molecule has 0 aliphatic heterocycles. The zero-order chi connectivity index (χ0) is 13.4. The molecular formula is C15H18N4. The van der Waals surface area contributed by atoms with Gasteiger partial charge in [-0.25, -0.2) is 0 Å². The first-order chi connectivity index (χ1) is 9.19. The van der Waals surface area contributed by atoms with Crippen LogP contribution in [0.3, 0.4) is 0 Å². The molecule has 0 saturated carbocycles. The Morgan fingerprint density at radius 2 is 2.11 bits per heavy atom. The van der Waals surface area contributed by atoms with E-state index in [0.717, 1.165) is 12.2 Å². The van der Waals surface area contributed by atoms with Gasteiger partial charge in [0.05, 0.1) is 17.9 Å². The molecule has 0 amide bonds. The van der Waals surface area contributed by atoms with Gasteiger partial charge < -0.3 is 10.3 Å². The Morgan fingerprint density at radius 3 is 2.79 bits per heavy atom. The van der Waals surface area contributed by atoms with Gasteiger partial charge in [-0.1, -0.05) is 12.1 Å². The van der Waals surface area contributed by atoms with Gasteiger partial charge in [-0.15, -0.1) is 0 Å². The lowest BCUT2D eigenvalue weighted by atomic mass is 10.1. The third kappa shape index (κ3) is 2.04. The standard InChI is InChI=1S/C15H18N4/c1-11-8-13(18(2)17-11)10-19-7-6-14-12(9-16)4-3-5-15(14)19/h3-8H,9-10,16H2,1-2H3. The summed E-state index contributed by atoms with van der Waals surface area (Å²) in [5.41, 5.74) is 10.5. The summed E-state index contributed by atoms with van der Waals surface area (Å²) in [6.07, 6.45) is 2.12. The van der Waals surface area contributed by atoms with Gasteiger partial charge in [0, 0.05) is 30.7 Å². The maximum atomic E-state index is 5.78. The van der Waals surface area contributed by atoms with Gasteiger partial charge in [0.1, 0.15) is 0 Å². The maximum absolute atomic E-state index is 5.78. The first kappa shape index (κ1) is 12.0. The van der Waals surface area contributed by atoms with Crippen LogP contribution in [0.4, 0.5) is 0 Å². The number of aryl methyl sites for hydroxylation is 2. The van der Waals surface area contributed by atoms with Crippen molar-refractivity contribution in [3.05, 3.63) is 53.5 Å².